The largest absolute Gasteiger partial charge is 0.411 e. The highest BCUT2D eigenvalue weighted by molar-refractivity contribution is 4.87. The third-order valence-electron chi connectivity index (χ3n) is 4.08. The Balaban J connectivity index is 1.69. The normalized spacial score (nSPS) is 29.8. The van der Waals surface area contributed by atoms with Gasteiger partial charge in [0.05, 0.1) is 6.61 Å². The van der Waals surface area contributed by atoms with Gasteiger partial charge in [0.15, 0.2) is 0 Å². The van der Waals surface area contributed by atoms with Gasteiger partial charge in [0.1, 0.15) is 6.61 Å². The molecule has 2 fully saturated rings. The number of hydrogen-bond donors (Lipinski definition) is 1. The highest BCUT2D eigenvalue weighted by Gasteiger charge is 2.32. The summed E-state index contributed by atoms with van der Waals surface area (Å²) in [5, 5.41) is 3.41. The Kier molecular flexibility index (Phi) is 5.47. The molecule has 0 spiro atoms. The zero-order valence-corrected chi connectivity index (χ0v) is 11.2. The van der Waals surface area contributed by atoms with Crippen LogP contribution in [0.2, 0.25) is 0 Å². The Bertz CT molecular complexity index is 267. The van der Waals surface area contributed by atoms with Crippen LogP contribution in [-0.4, -0.2) is 56.5 Å². The lowest BCUT2D eigenvalue weighted by Crippen LogP contribution is -2.44. The fraction of sp³-hybridized carbons (Fsp3) is 1.00. The van der Waals surface area contributed by atoms with Gasteiger partial charge in [0.2, 0.25) is 0 Å². The van der Waals surface area contributed by atoms with E-state index in [-0.39, 0.29) is 6.61 Å². The van der Waals surface area contributed by atoms with Gasteiger partial charge in [0.25, 0.3) is 0 Å². The highest BCUT2D eigenvalue weighted by Crippen LogP contribution is 2.27. The van der Waals surface area contributed by atoms with Gasteiger partial charge in [-0.25, -0.2) is 0 Å². The topological polar surface area (TPSA) is 24.5 Å². The third-order valence-corrected chi connectivity index (χ3v) is 4.08. The Morgan fingerprint density at radius 3 is 2.74 bits per heavy atom. The summed E-state index contributed by atoms with van der Waals surface area (Å²) in [5.41, 5.74) is 0. The van der Waals surface area contributed by atoms with Crippen molar-refractivity contribution in [2.45, 2.75) is 37.9 Å². The van der Waals surface area contributed by atoms with Crippen molar-refractivity contribution in [3.05, 3.63) is 0 Å². The maximum atomic E-state index is 12.0. The number of alkyl halides is 3. The van der Waals surface area contributed by atoms with Crippen molar-refractivity contribution in [1.29, 1.82) is 0 Å². The van der Waals surface area contributed by atoms with Crippen molar-refractivity contribution < 1.29 is 17.9 Å². The minimum atomic E-state index is -4.21. The van der Waals surface area contributed by atoms with Crippen molar-refractivity contribution in [3.63, 3.8) is 0 Å². The van der Waals surface area contributed by atoms with Crippen LogP contribution < -0.4 is 5.32 Å². The molecule has 2 rings (SSSR count). The van der Waals surface area contributed by atoms with Gasteiger partial charge in [-0.15, -0.1) is 0 Å². The quantitative estimate of drug-likeness (QED) is 0.780. The first kappa shape index (κ1) is 15.1. The average molecular weight is 280 g/mol. The van der Waals surface area contributed by atoms with Gasteiger partial charge < -0.3 is 10.1 Å². The summed E-state index contributed by atoms with van der Waals surface area (Å²) in [6, 6.07) is 0.530. The van der Waals surface area contributed by atoms with Crippen molar-refractivity contribution in [3.8, 4) is 0 Å². The highest BCUT2D eigenvalue weighted by atomic mass is 19.4. The number of rotatable bonds is 5. The SMILES string of the molecule is FC(F)(F)COCCN1CCCC1C1CCCNC1. The molecular weight excluding hydrogens is 257 g/mol. The van der Waals surface area contributed by atoms with Gasteiger partial charge in [-0.2, -0.15) is 13.2 Å². The first-order valence-corrected chi connectivity index (χ1v) is 7.15. The fourth-order valence-corrected chi connectivity index (χ4v) is 3.24. The number of hydrogen-bond acceptors (Lipinski definition) is 3. The standard InChI is InChI=1S/C13H23F3N2O/c14-13(15,16)10-19-8-7-18-6-2-4-12(18)11-3-1-5-17-9-11/h11-12,17H,1-10H2. The van der Waals surface area contributed by atoms with Gasteiger partial charge in [0, 0.05) is 12.6 Å². The number of likely N-dealkylation sites (tertiary alicyclic amines) is 1. The number of nitrogens with zero attached hydrogens (tertiary/aromatic N) is 1. The molecular formula is C13H23F3N2O. The third kappa shape index (κ3) is 4.93. The second-order valence-electron chi connectivity index (χ2n) is 5.52. The average Bonchev–Trinajstić information content (AvgIpc) is 2.83. The van der Waals surface area contributed by atoms with Crippen molar-refractivity contribution in [2.24, 2.45) is 5.92 Å². The molecule has 2 saturated heterocycles. The van der Waals surface area contributed by atoms with Crippen LogP contribution in [0.4, 0.5) is 13.2 Å². The maximum Gasteiger partial charge on any atom is 0.411 e. The molecule has 0 saturated carbocycles. The zero-order chi connectivity index (χ0) is 13.7. The van der Waals surface area contributed by atoms with Crippen LogP contribution in [0.3, 0.4) is 0 Å². The summed E-state index contributed by atoms with van der Waals surface area (Å²) in [4.78, 5) is 2.31. The molecule has 0 aromatic rings. The monoisotopic (exact) mass is 280 g/mol. The molecule has 1 N–H and O–H groups in total. The number of piperidine rings is 1. The van der Waals surface area contributed by atoms with Gasteiger partial charge in [-0.1, -0.05) is 0 Å². The van der Waals surface area contributed by atoms with Crippen LogP contribution in [0, 0.1) is 5.92 Å². The zero-order valence-electron chi connectivity index (χ0n) is 11.2. The van der Waals surface area contributed by atoms with Crippen molar-refractivity contribution >= 4 is 0 Å². The van der Waals surface area contributed by atoms with E-state index in [4.69, 9.17) is 4.74 Å². The molecule has 112 valence electrons. The molecule has 6 heteroatoms. The minimum Gasteiger partial charge on any atom is -0.371 e. The lowest BCUT2D eigenvalue weighted by Gasteiger charge is -2.34. The van der Waals surface area contributed by atoms with Gasteiger partial charge in [-0.3, -0.25) is 4.90 Å². The summed E-state index contributed by atoms with van der Waals surface area (Å²) in [7, 11) is 0. The van der Waals surface area contributed by atoms with Crippen LogP contribution in [0.5, 0.6) is 0 Å². The molecule has 2 unspecified atom stereocenters. The molecule has 2 heterocycles. The van der Waals surface area contributed by atoms with Crippen LogP contribution in [0.1, 0.15) is 25.7 Å². The molecule has 0 aromatic heterocycles. The summed E-state index contributed by atoms with van der Waals surface area (Å²) >= 11 is 0. The van der Waals surface area contributed by atoms with Crippen LogP contribution in [0.25, 0.3) is 0 Å². The molecule has 0 bridgehead atoms. The van der Waals surface area contributed by atoms with Crippen LogP contribution in [-0.2, 0) is 4.74 Å². The van der Waals surface area contributed by atoms with Crippen molar-refractivity contribution in [2.75, 3.05) is 39.4 Å². The molecule has 19 heavy (non-hydrogen) atoms. The molecule has 2 atom stereocenters. The number of halogens is 3. The fourth-order valence-electron chi connectivity index (χ4n) is 3.24. The Morgan fingerprint density at radius 2 is 2.05 bits per heavy atom. The van der Waals surface area contributed by atoms with E-state index in [2.05, 4.69) is 10.2 Å². The smallest absolute Gasteiger partial charge is 0.371 e. The lowest BCUT2D eigenvalue weighted by atomic mass is 9.90. The summed E-state index contributed by atoms with van der Waals surface area (Å²) in [6.45, 7) is 2.81. The van der Waals surface area contributed by atoms with E-state index < -0.39 is 12.8 Å². The predicted molar refractivity (Wildman–Crippen MR) is 67.1 cm³/mol. The van der Waals surface area contributed by atoms with E-state index in [0.717, 1.165) is 26.1 Å². The molecule has 2 aliphatic heterocycles. The van der Waals surface area contributed by atoms with Gasteiger partial charge in [-0.05, 0) is 51.2 Å². The Morgan fingerprint density at radius 1 is 1.21 bits per heavy atom. The second-order valence-corrected chi connectivity index (χ2v) is 5.52. The van der Waals surface area contributed by atoms with Crippen LogP contribution in [0.15, 0.2) is 0 Å². The van der Waals surface area contributed by atoms with E-state index in [9.17, 15) is 13.2 Å². The number of ether oxygens (including phenoxy) is 1. The van der Waals surface area contributed by atoms with E-state index in [1.165, 1.54) is 19.3 Å². The Hall–Kier alpha value is -0.330. The summed E-state index contributed by atoms with van der Waals surface area (Å²) in [5.74, 6) is 0.652. The Labute approximate surface area is 112 Å². The molecule has 3 nitrogen and oxygen atoms in total. The first-order chi connectivity index (χ1) is 9.06. The summed E-state index contributed by atoms with van der Waals surface area (Å²) in [6.07, 6.45) is 0.556. The minimum absolute atomic E-state index is 0.177. The lowest BCUT2D eigenvalue weighted by molar-refractivity contribution is -0.174. The molecule has 0 amide bonds. The second kappa shape index (κ2) is 6.90. The maximum absolute atomic E-state index is 12.0. The number of nitrogens with one attached hydrogen (secondary N) is 1. The first-order valence-electron chi connectivity index (χ1n) is 7.15. The van der Waals surface area contributed by atoms with E-state index in [0.29, 0.717) is 18.5 Å². The molecule has 0 aromatic carbocycles. The van der Waals surface area contributed by atoms with Crippen LogP contribution >= 0.6 is 0 Å². The summed E-state index contributed by atoms with van der Waals surface area (Å²) < 4.78 is 40.6. The predicted octanol–water partition coefficient (Wildman–Crippen LogP) is 2.03. The molecule has 0 aliphatic carbocycles. The van der Waals surface area contributed by atoms with E-state index >= 15 is 0 Å². The molecule has 2 aliphatic rings. The van der Waals surface area contributed by atoms with E-state index in [1.807, 2.05) is 0 Å². The molecule has 0 radical (unpaired) electrons. The van der Waals surface area contributed by atoms with E-state index in [1.54, 1.807) is 0 Å². The van der Waals surface area contributed by atoms with Crippen molar-refractivity contribution in [1.82, 2.24) is 10.2 Å². The van der Waals surface area contributed by atoms with Gasteiger partial charge >= 0.3 is 6.18 Å².